The lowest BCUT2D eigenvalue weighted by atomic mass is 10.0. The van der Waals surface area contributed by atoms with Gasteiger partial charge in [-0.25, -0.2) is 14.4 Å². The first kappa shape index (κ1) is 47.9. The van der Waals surface area contributed by atoms with Crippen molar-refractivity contribution in [1.29, 1.82) is 5.26 Å². The van der Waals surface area contributed by atoms with Crippen LogP contribution in [0.5, 0.6) is 0 Å². The van der Waals surface area contributed by atoms with Crippen LogP contribution in [-0.2, 0) is 31.8 Å². The number of nitrogens with one attached hydrogen (secondary N) is 3. The standard InChI is InChI=1S/C17H24N2O3.C12H16N2O.C10H18O5.C2H3N/c1-11-5-6-15-14(7-11)12(9-18-15)8-13(10-20)19-16(21)22-17(2,3)4;1-8-2-3-12-11(4-8)9(6-14-12)5-10(13)7-15;1-9(2,3)14-7(11)13-8(12)15-10(4,5)6;1-2-3/h5-7,9,13,18,20H,8,10H2,1-4H3,(H,19,21);2-4,6,10,14-15H,5,7,13H2,1H3;1-6H3;1H3/t13-;10-;;/m11../s1. The summed E-state index contributed by atoms with van der Waals surface area (Å²) >= 11 is 0. The summed E-state index contributed by atoms with van der Waals surface area (Å²) in [6.07, 6.45) is 2.51. The largest absolute Gasteiger partial charge is 0.519 e. The summed E-state index contributed by atoms with van der Waals surface area (Å²) in [7, 11) is 0. The molecule has 0 radical (unpaired) electrons. The summed E-state index contributed by atoms with van der Waals surface area (Å²) in [4.78, 5) is 40.3. The molecule has 0 aliphatic rings. The number of carbonyl (C=O) groups excluding carboxylic acids is 3. The first-order valence-corrected chi connectivity index (χ1v) is 17.9. The fourth-order valence-corrected chi connectivity index (χ4v) is 4.78. The second kappa shape index (κ2) is 21.7. The van der Waals surface area contributed by atoms with Gasteiger partial charge in [-0.15, -0.1) is 0 Å². The molecule has 0 spiro atoms. The van der Waals surface area contributed by atoms with Crippen LogP contribution in [0.15, 0.2) is 48.8 Å². The molecule has 4 aromatic rings. The second-order valence-electron chi connectivity index (χ2n) is 15.9. The number of aliphatic hydroxyl groups is 2. The molecule has 0 fully saturated rings. The Bertz CT molecular complexity index is 1830. The van der Waals surface area contributed by atoms with Gasteiger partial charge < -0.3 is 50.2 Å². The van der Waals surface area contributed by atoms with Crippen molar-refractivity contribution in [3.05, 3.63) is 71.0 Å². The molecule has 0 saturated heterocycles. The molecule has 2 aromatic carbocycles. The first-order chi connectivity index (χ1) is 25.4. The number of nitrogens with zero attached hydrogens (tertiary/aromatic N) is 1. The number of hydrogen-bond acceptors (Lipinski definition) is 11. The average Bonchev–Trinajstić information content (AvgIpc) is 3.61. The molecule has 0 bridgehead atoms. The Hall–Kier alpha value is -5.10. The minimum atomic E-state index is -1.06. The highest BCUT2D eigenvalue weighted by Gasteiger charge is 2.24. The average molecular weight is 768 g/mol. The summed E-state index contributed by atoms with van der Waals surface area (Å²) in [5.74, 6) is 0. The number of amides is 1. The van der Waals surface area contributed by atoms with Gasteiger partial charge in [0.2, 0.25) is 0 Å². The predicted octanol–water partition coefficient (Wildman–Crippen LogP) is 7.65. The number of carbonyl (C=O) groups is 3. The zero-order valence-electron chi connectivity index (χ0n) is 34.4. The number of ether oxygens (including phenoxy) is 4. The van der Waals surface area contributed by atoms with Crippen LogP contribution in [0.4, 0.5) is 14.4 Å². The number of aryl methyl sites for hydroxylation is 2. The lowest BCUT2D eigenvalue weighted by Gasteiger charge is -2.22. The van der Waals surface area contributed by atoms with Gasteiger partial charge in [0.05, 0.1) is 25.3 Å². The van der Waals surface area contributed by atoms with E-state index in [9.17, 15) is 19.5 Å². The van der Waals surface area contributed by atoms with Crippen LogP contribution >= 0.6 is 0 Å². The van der Waals surface area contributed by atoms with E-state index in [2.05, 4.69) is 51.2 Å². The molecular formula is C41H61N5O9. The third-order valence-electron chi connectivity index (χ3n) is 6.92. The summed E-state index contributed by atoms with van der Waals surface area (Å²) in [6, 6.07) is 13.7. The number of alkyl carbamates (subject to hydrolysis) is 1. The minimum absolute atomic E-state index is 0.0263. The molecule has 0 unspecified atom stereocenters. The maximum Gasteiger partial charge on any atom is 0.519 e. The van der Waals surface area contributed by atoms with Crippen molar-refractivity contribution in [3.63, 3.8) is 0 Å². The van der Waals surface area contributed by atoms with Gasteiger partial charge in [-0.3, -0.25) is 0 Å². The number of rotatable bonds is 7. The highest BCUT2D eigenvalue weighted by molar-refractivity contribution is 5.84. The van der Waals surface area contributed by atoms with E-state index in [-0.39, 0.29) is 25.3 Å². The van der Waals surface area contributed by atoms with Crippen LogP contribution < -0.4 is 11.1 Å². The number of aromatic amines is 2. The summed E-state index contributed by atoms with van der Waals surface area (Å²) in [6.45, 7) is 20.9. The number of nitriles is 1. The van der Waals surface area contributed by atoms with Crippen LogP contribution in [0.1, 0.15) is 91.5 Å². The molecule has 0 saturated carbocycles. The monoisotopic (exact) mass is 767 g/mol. The molecule has 304 valence electrons. The lowest BCUT2D eigenvalue weighted by Crippen LogP contribution is -2.42. The van der Waals surface area contributed by atoms with Crippen molar-refractivity contribution in [1.82, 2.24) is 15.3 Å². The van der Waals surface area contributed by atoms with Gasteiger partial charge in [0.25, 0.3) is 0 Å². The van der Waals surface area contributed by atoms with Crippen LogP contribution in [0.25, 0.3) is 21.8 Å². The van der Waals surface area contributed by atoms with Crippen LogP contribution in [0.3, 0.4) is 0 Å². The maximum atomic E-state index is 11.8. The molecule has 1 amide bonds. The summed E-state index contributed by atoms with van der Waals surface area (Å²) in [5, 5.41) is 30.8. The lowest BCUT2D eigenvalue weighted by molar-refractivity contribution is -0.0294. The van der Waals surface area contributed by atoms with Crippen molar-refractivity contribution in [2.75, 3.05) is 13.2 Å². The Morgan fingerprint density at radius 1 is 0.745 bits per heavy atom. The normalized spacial score (nSPS) is 12.3. The van der Waals surface area contributed by atoms with Crippen LogP contribution in [-0.4, -0.2) is 80.7 Å². The van der Waals surface area contributed by atoms with E-state index in [4.69, 9.17) is 30.3 Å². The zero-order valence-corrected chi connectivity index (χ0v) is 34.4. The Morgan fingerprint density at radius 2 is 1.15 bits per heavy atom. The fourth-order valence-electron chi connectivity index (χ4n) is 4.78. The van der Waals surface area contributed by atoms with E-state index < -0.39 is 35.2 Å². The topological polar surface area (TPSA) is 222 Å². The van der Waals surface area contributed by atoms with Crippen molar-refractivity contribution in [2.45, 2.75) is 125 Å². The molecule has 0 aliphatic heterocycles. The Morgan fingerprint density at radius 3 is 1.51 bits per heavy atom. The van der Waals surface area contributed by atoms with Gasteiger partial charge in [-0.1, -0.05) is 23.3 Å². The van der Waals surface area contributed by atoms with E-state index in [1.54, 1.807) is 47.6 Å². The van der Waals surface area contributed by atoms with Gasteiger partial charge in [0.1, 0.15) is 16.8 Å². The Labute approximate surface area is 324 Å². The van der Waals surface area contributed by atoms with Gasteiger partial charge >= 0.3 is 18.4 Å². The van der Waals surface area contributed by atoms with Crippen molar-refractivity contribution >= 4 is 40.2 Å². The first-order valence-electron chi connectivity index (χ1n) is 17.9. The van der Waals surface area contributed by atoms with Gasteiger partial charge in [-0.2, -0.15) is 5.26 Å². The third kappa shape index (κ3) is 19.7. The zero-order chi connectivity index (χ0) is 42.1. The van der Waals surface area contributed by atoms with Gasteiger partial charge in [0, 0.05) is 47.2 Å². The SMILES string of the molecule is CC#N.CC(C)(C)OC(=O)OC(=O)OC(C)(C)C.Cc1ccc2[nH]cc(C[C@@H](N)CO)c2c1.Cc1ccc2[nH]cc(C[C@H](CO)NC(=O)OC(C)(C)C)c2c1. The minimum Gasteiger partial charge on any atom is -0.444 e. The number of H-pyrrole nitrogens is 2. The van der Waals surface area contributed by atoms with Gasteiger partial charge in [0.15, 0.2) is 0 Å². The molecule has 14 nitrogen and oxygen atoms in total. The van der Waals surface area contributed by atoms with E-state index >= 15 is 0 Å². The Balaban J connectivity index is 0.000000408. The molecule has 14 heteroatoms. The quantitative estimate of drug-likeness (QED) is 0.0609. The van der Waals surface area contributed by atoms with Crippen LogP contribution in [0.2, 0.25) is 0 Å². The summed E-state index contributed by atoms with van der Waals surface area (Å²) < 4.78 is 19.0. The molecule has 55 heavy (non-hydrogen) atoms. The van der Waals surface area contributed by atoms with E-state index in [0.29, 0.717) is 12.8 Å². The molecule has 4 rings (SSSR count). The van der Waals surface area contributed by atoms with E-state index in [1.165, 1.54) is 29.0 Å². The maximum absolute atomic E-state index is 11.8. The number of fused-ring (bicyclic) bond motifs is 2. The van der Waals surface area contributed by atoms with E-state index in [0.717, 1.165) is 22.0 Å². The molecule has 2 aromatic heterocycles. The third-order valence-corrected chi connectivity index (χ3v) is 6.92. The van der Waals surface area contributed by atoms with Gasteiger partial charge in [-0.05, 0) is 124 Å². The van der Waals surface area contributed by atoms with Crippen molar-refractivity contribution < 1.29 is 43.5 Å². The number of nitrogens with two attached hydrogens (primary N) is 1. The number of hydrogen-bond donors (Lipinski definition) is 6. The molecule has 0 aliphatic carbocycles. The van der Waals surface area contributed by atoms with E-state index in [1.807, 2.05) is 52.2 Å². The number of aromatic nitrogens is 2. The highest BCUT2D eigenvalue weighted by Crippen LogP contribution is 2.22. The molecule has 7 N–H and O–H groups in total. The highest BCUT2D eigenvalue weighted by atomic mass is 16.8. The summed E-state index contributed by atoms with van der Waals surface area (Å²) in [5.41, 5.74) is 10.6. The number of aliphatic hydroxyl groups excluding tert-OH is 2. The Kier molecular flexibility index (Phi) is 18.9. The molecular weight excluding hydrogens is 706 g/mol. The van der Waals surface area contributed by atoms with Crippen LogP contribution in [0, 0.1) is 25.2 Å². The van der Waals surface area contributed by atoms with Crippen molar-refractivity contribution in [3.8, 4) is 6.07 Å². The van der Waals surface area contributed by atoms with Crippen molar-refractivity contribution in [2.24, 2.45) is 5.73 Å². The molecule has 2 heterocycles. The molecule has 2 atom stereocenters. The predicted molar refractivity (Wildman–Crippen MR) is 214 cm³/mol. The number of benzene rings is 2. The second-order valence-corrected chi connectivity index (χ2v) is 15.9. The smallest absolute Gasteiger partial charge is 0.444 e. The fraction of sp³-hybridized carbons (Fsp3) is 0.512.